The maximum atomic E-state index is 6.04. The Morgan fingerprint density at radius 1 is 1.33 bits per heavy atom. The summed E-state index contributed by atoms with van der Waals surface area (Å²) in [7, 11) is 0. The average molecular weight is 375 g/mol. The first-order valence-electron chi connectivity index (χ1n) is 10.2. The van der Waals surface area contributed by atoms with Crippen molar-refractivity contribution in [2.45, 2.75) is 58.4 Å². The number of aromatic nitrogens is 1. The van der Waals surface area contributed by atoms with E-state index in [1.165, 1.54) is 19.4 Å². The highest BCUT2D eigenvalue weighted by molar-refractivity contribution is 5.77. The second kappa shape index (κ2) is 9.37. The number of anilines is 1. The molecule has 3 N–H and O–H groups in total. The summed E-state index contributed by atoms with van der Waals surface area (Å²) < 4.78 is 5.79. The largest absolute Gasteiger partial charge is 0.372 e. The molecule has 7 heteroatoms. The van der Waals surface area contributed by atoms with Crippen molar-refractivity contribution < 1.29 is 4.74 Å². The number of morpholine rings is 1. The molecule has 3 unspecified atom stereocenters. The average Bonchev–Trinajstić information content (AvgIpc) is 3.12. The lowest BCUT2D eigenvalue weighted by Crippen LogP contribution is -2.45. The molecule has 0 radical (unpaired) electrons. The standard InChI is InChI=1S/C20H34N6O/c1-4-25-9-5-6-18(25)12-24-20(21)23-11-17-7-8-19(22-10-17)26-13-15(2)27-16(3)14-26/h7-8,10,15-16,18H,4-6,9,11-14H2,1-3H3,(H3,21,23,24). The minimum absolute atomic E-state index is 0.231. The molecule has 0 aliphatic carbocycles. The van der Waals surface area contributed by atoms with Crippen LogP contribution in [0.1, 0.15) is 39.2 Å². The van der Waals surface area contributed by atoms with Crippen LogP contribution in [0.25, 0.3) is 0 Å². The van der Waals surface area contributed by atoms with Crippen molar-refractivity contribution >= 4 is 11.8 Å². The molecule has 27 heavy (non-hydrogen) atoms. The van der Waals surface area contributed by atoms with E-state index in [9.17, 15) is 0 Å². The van der Waals surface area contributed by atoms with E-state index in [0.717, 1.165) is 37.6 Å². The van der Waals surface area contributed by atoms with Gasteiger partial charge in [-0.3, -0.25) is 4.90 Å². The van der Waals surface area contributed by atoms with Gasteiger partial charge in [-0.2, -0.15) is 0 Å². The Morgan fingerprint density at radius 2 is 2.11 bits per heavy atom. The quantitative estimate of drug-likeness (QED) is 0.581. The highest BCUT2D eigenvalue weighted by atomic mass is 16.5. The number of ether oxygens (including phenoxy) is 1. The van der Waals surface area contributed by atoms with Crippen LogP contribution in [-0.4, -0.2) is 66.8 Å². The molecular weight excluding hydrogens is 340 g/mol. The van der Waals surface area contributed by atoms with Crippen molar-refractivity contribution in [3.63, 3.8) is 0 Å². The van der Waals surface area contributed by atoms with Crippen LogP contribution in [0.4, 0.5) is 5.82 Å². The predicted octanol–water partition coefficient (Wildman–Crippen LogP) is 1.58. The summed E-state index contributed by atoms with van der Waals surface area (Å²) in [6.07, 6.45) is 4.87. The molecule has 3 atom stereocenters. The van der Waals surface area contributed by atoms with Crippen LogP contribution in [0.5, 0.6) is 0 Å². The second-order valence-corrected chi connectivity index (χ2v) is 7.69. The highest BCUT2D eigenvalue weighted by Gasteiger charge is 2.23. The highest BCUT2D eigenvalue weighted by Crippen LogP contribution is 2.18. The molecule has 2 aliphatic heterocycles. The van der Waals surface area contributed by atoms with Gasteiger partial charge >= 0.3 is 0 Å². The van der Waals surface area contributed by atoms with Gasteiger partial charge in [0.25, 0.3) is 0 Å². The number of likely N-dealkylation sites (N-methyl/N-ethyl adjacent to an activating group) is 1. The van der Waals surface area contributed by atoms with Gasteiger partial charge in [-0.25, -0.2) is 9.98 Å². The van der Waals surface area contributed by atoms with Crippen molar-refractivity contribution in [2.75, 3.05) is 37.6 Å². The monoisotopic (exact) mass is 374 g/mol. The van der Waals surface area contributed by atoms with Crippen LogP contribution in [0.3, 0.4) is 0 Å². The lowest BCUT2D eigenvalue weighted by Gasteiger charge is -2.36. The molecule has 3 rings (SSSR count). The third kappa shape index (κ3) is 5.56. The maximum absolute atomic E-state index is 6.04. The number of nitrogens with two attached hydrogens (primary N) is 1. The SMILES string of the molecule is CCN1CCCC1CNC(N)=NCc1ccc(N2CC(C)OC(C)C2)nc1. The number of rotatable bonds is 6. The first-order chi connectivity index (χ1) is 13.0. The topological polar surface area (TPSA) is 79.0 Å². The van der Waals surface area contributed by atoms with E-state index < -0.39 is 0 Å². The molecule has 0 saturated carbocycles. The van der Waals surface area contributed by atoms with Crippen molar-refractivity contribution in [3.05, 3.63) is 23.9 Å². The van der Waals surface area contributed by atoms with E-state index in [2.05, 4.69) is 58.0 Å². The van der Waals surface area contributed by atoms with Crippen LogP contribution < -0.4 is 16.0 Å². The van der Waals surface area contributed by atoms with Crippen molar-refractivity contribution in [1.82, 2.24) is 15.2 Å². The Bertz CT molecular complexity index is 609. The van der Waals surface area contributed by atoms with Gasteiger partial charge < -0.3 is 20.7 Å². The molecule has 0 bridgehead atoms. The number of pyridine rings is 1. The third-order valence-corrected chi connectivity index (χ3v) is 5.41. The molecule has 0 aromatic carbocycles. The Labute approximate surface area is 163 Å². The molecule has 7 nitrogen and oxygen atoms in total. The molecule has 1 aromatic rings. The van der Waals surface area contributed by atoms with Crippen LogP contribution in [0, 0.1) is 0 Å². The fourth-order valence-electron chi connectivity index (χ4n) is 4.06. The first kappa shape index (κ1) is 19.9. The van der Waals surface area contributed by atoms with Gasteiger partial charge in [0, 0.05) is 31.9 Å². The van der Waals surface area contributed by atoms with Crippen molar-refractivity contribution in [2.24, 2.45) is 10.7 Å². The van der Waals surface area contributed by atoms with Gasteiger partial charge in [-0.05, 0) is 51.4 Å². The fourth-order valence-corrected chi connectivity index (χ4v) is 4.06. The van der Waals surface area contributed by atoms with E-state index in [1.807, 2.05) is 6.20 Å². The lowest BCUT2D eigenvalue weighted by atomic mass is 10.2. The number of guanidine groups is 1. The Balaban J connectivity index is 1.48. The molecule has 1 aromatic heterocycles. The molecule has 2 fully saturated rings. The van der Waals surface area contributed by atoms with E-state index in [4.69, 9.17) is 10.5 Å². The lowest BCUT2D eigenvalue weighted by molar-refractivity contribution is -0.00545. The van der Waals surface area contributed by atoms with Gasteiger partial charge in [0.2, 0.25) is 0 Å². The number of hydrogen-bond acceptors (Lipinski definition) is 5. The number of nitrogens with one attached hydrogen (secondary N) is 1. The zero-order valence-corrected chi connectivity index (χ0v) is 16.9. The van der Waals surface area contributed by atoms with Crippen molar-refractivity contribution in [3.8, 4) is 0 Å². The van der Waals surface area contributed by atoms with Crippen LogP contribution in [0.2, 0.25) is 0 Å². The molecular formula is C20H34N6O. The molecule has 3 heterocycles. The Morgan fingerprint density at radius 3 is 2.78 bits per heavy atom. The van der Waals surface area contributed by atoms with E-state index in [-0.39, 0.29) is 12.2 Å². The van der Waals surface area contributed by atoms with Gasteiger partial charge in [-0.1, -0.05) is 13.0 Å². The third-order valence-electron chi connectivity index (χ3n) is 5.41. The minimum Gasteiger partial charge on any atom is -0.372 e. The van der Waals surface area contributed by atoms with E-state index >= 15 is 0 Å². The van der Waals surface area contributed by atoms with Crippen LogP contribution >= 0.6 is 0 Å². The van der Waals surface area contributed by atoms with Crippen molar-refractivity contribution in [1.29, 1.82) is 0 Å². The normalized spacial score (nSPS) is 27.1. The summed E-state index contributed by atoms with van der Waals surface area (Å²) >= 11 is 0. The van der Waals surface area contributed by atoms with E-state index in [0.29, 0.717) is 18.5 Å². The van der Waals surface area contributed by atoms with Gasteiger partial charge in [-0.15, -0.1) is 0 Å². The molecule has 150 valence electrons. The summed E-state index contributed by atoms with van der Waals surface area (Å²) in [5, 5.41) is 3.28. The van der Waals surface area contributed by atoms with Gasteiger partial charge in [0.1, 0.15) is 5.82 Å². The molecule has 2 aliphatic rings. The Hall–Kier alpha value is -1.86. The summed E-state index contributed by atoms with van der Waals surface area (Å²) in [6.45, 7) is 11.9. The predicted molar refractivity (Wildman–Crippen MR) is 110 cm³/mol. The minimum atomic E-state index is 0.231. The summed E-state index contributed by atoms with van der Waals surface area (Å²) in [6, 6.07) is 4.72. The first-order valence-corrected chi connectivity index (χ1v) is 10.2. The molecule has 0 spiro atoms. The number of nitrogens with zero attached hydrogens (tertiary/aromatic N) is 4. The van der Waals surface area contributed by atoms with Gasteiger partial charge in [0.05, 0.1) is 18.8 Å². The molecule has 0 amide bonds. The zero-order valence-electron chi connectivity index (χ0n) is 16.9. The summed E-state index contributed by atoms with van der Waals surface area (Å²) in [5.41, 5.74) is 7.11. The number of hydrogen-bond donors (Lipinski definition) is 2. The molecule has 2 saturated heterocycles. The summed E-state index contributed by atoms with van der Waals surface area (Å²) in [4.78, 5) is 13.9. The zero-order chi connectivity index (χ0) is 19.2. The smallest absolute Gasteiger partial charge is 0.188 e. The van der Waals surface area contributed by atoms with Crippen LogP contribution in [-0.2, 0) is 11.3 Å². The second-order valence-electron chi connectivity index (χ2n) is 7.69. The summed E-state index contributed by atoms with van der Waals surface area (Å²) in [5.74, 6) is 1.51. The number of likely N-dealkylation sites (tertiary alicyclic amines) is 1. The van der Waals surface area contributed by atoms with Gasteiger partial charge in [0.15, 0.2) is 5.96 Å². The number of aliphatic imine (C=N–C) groups is 1. The van der Waals surface area contributed by atoms with E-state index in [1.54, 1.807) is 0 Å². The Kier molecular flexibility index (Phi) is 6.90. The van der Waals surface area contributed by atoms with Crippen LogP contribution in [0.15, 0.2) is 23.3 Å². The maximum Gasteiger partial charge on any atom is 0.188 e. The fraction of sp³-hybridized carbons (Fsp3) is 0.700.